The van der Waals surface area contributed by atoms with Crippen molar-refractivity contribution < 1.29 is 17.9 Å². The van der Waals surface area contributed by atoms with Gasteiger partial charge in [0.2, 0.25) is 0 Å². The van der Waals surface area contributed by atoms with Gasteiger partial charge in [-0.25, -0.2) is 0 Å². The average molecular weight is 499 g/mol. The zero-order valence-corrected chi connectivity index (χ0v) is 17.5. The van der Waals surface area contributed by atoms with Gasteiger partial charge in [-0.2, -0.15) is 13.2 Å². The van der Waals surface area contributed by atoms with Gasteiger partial charge in [-0.3, -0.25) is 4.99 Å². The molecule has 26 heavy (non-hydrogen) atoms. The van der Waals surface area contributed by atoms with Crippen molar-refractivity contribution in [3.8, 4) is 5.75 Å². The van der Waals surface area contributed by atoms with Crippen molar-refractivity contribution >= 4 is 41.3 Å². The number of nitrogens with zero attached hydrogens (tertiary/aromatic N) is 1. The van der Waals surface area contributed by atoms with Crippen LogP contribution < -0.4 is 15.4 Å². The number of alkyl halides is 3. The molecule has 144 valence electrons. The van der Waals surface area contributed by atoms with E-state index in [9.17, 15) is 13.2 Å². The Morgan fingerprint density at radius 1 is 1.12 bits per heavy atom. The van der Waals surface area contributed by atoms with Crippen molar-refractivity contribution in [2.24, 2.45) is 4.99 Å². The van der Waals surface area contributed by atoms with Crippen molar-refractivity contribution in [1.29, 1.82) is 0 Å². The van der Waals surface area contributed by atoms with E-state index >= 15 is 0 Å². The summed E-state index contributed by atoms with van der Waals surface area (Å²) in [5, 5.41) is 6.26. The summed E-state index contributed by atoms with van der Waals surface area (Å²) in [5.41, 5.74) is 0.627. The number of para-hydroxylation sites is 1. The molecule has 4 nitrogen and oxygen atoms in total. The third-order valence-corrected chi connectivity index (χ3v) is 4.26. The number of guanidine groups is 1. The van der Waals surface area contributed by atoms with E-state index < -0.39 is 12.8 Å². The minimum atomic E-state index is -4.36. The van der Waals surface area contributed by atoms with Gasteiger partial charge in [-0.05, 0) is 25.1 Å². The lowest BCUT2D eigenvalue weighted by atomic mass is 10.2. The number of ether oxygens (including phenoxy) is 1. The van der Waals surface area contributed by atoms with Gasteiger partial charge in [0.25, 0.3) is 0 Å². The third kappa shape index (κ3) is 7.81. The highest BCUT2D eigenvalue weighted by Gasteiger charge is 2.28. The molecule has 0 fully saturated rings. The Bertz CT molecular complexity index is 719. The monoisotopic (exact) mass is 499 g/mol. The lowest BCUT2D eigenvalue weighted by molar-refractivity contribution is -0.153. The molecule has 0 saturated carbocycles. The van der Waals surface area contributed by atoms with Gasteiger partial charge in [-0.15, -0.1) is 35.3 Å². The zero-order chi connectivity index (χ0) is 18.3. The first-order valence-electron chi connectivity index (χ1n) is 7.64. The first-order valence-corrected chi connectivity index (χ1v) is 8.46. The average Bonchev–Trinajstić information content (AvgIpc) is 2.98. The fourth-order valence-corrected chi connectivity index (χ4v) is 2.93. The summed E-state index contributed by atoms with van der Waals surface area (Å²) >= 11 is 1.69. The lowest BCUT2D eigenvalue weighted by Gasteiger charge is -2.15. The maximum absolute atomic E-state index is 12.3. The first kappa shape index (κ1) is 22.6. The predicted octanol–water partition coefficient (Wildman–Crippen LogP) is 4.48. The summed E-state index contributed by atoms with van der Waals surface area (Å²) in [6.45, 7) is 1.66. The molecule has 0 atom stereocenters. The molecular formula is C17H21F3IN3OS. The lowest BCUT2D eigenvalue weighted by Crippen LogP contribution is -2.36. The minimum Gasteiger partial charge on any atom is -0.484 e. The maximum Gasteiger partial charge on any atom is 0.422 e. The number of rotatable bonds is 6. The van der Waals surface area contributed by atoms with Crippen LogP contribution in [-0.4, -0.2) is 25.8 Å². The molecule has 1 heterocycles. The van der Waals surface area contributed by atoms with Crippen LogP contribution in [0.4, 0.5) is 13.2 Å². The molecule has 0 saturated heterocycles. The van der Waals surface area contributed by atoms with E-state index in [2.05, 4.69) is 15.6 Å². The summed E-state index contributed by atoms with van der Waals surface area (Å²) < 4.78 is 41.9. The van der Waals surface area contributed by atoms with E-state index in [0.717, 1.165) is 0 Å². The van der Waals surface area contributed by atoms with Crippen LogP contribution in [0.1, 0.15) is 15.3 Å². The summed E-state index contributed by atoms with van der Waals surface area (Å²) in [7, 11) is 1.64. The summed E-state index contributed by atoms with van der Waals surface area (Å²) in [4.78, 5) is 6.53. The van der Waals surface area contributed by atoms with Crippen LogP contribution in [-0.2, 0) is 13.1 Å². The van der Waals surface area contributed by atoms with Crippen LogP contribution in [0.15, 0.2) is 41.4 Å². The van der Waals surface area contributed by atoms with E-state index in [1.54, 1.807) is 36.6 Å². The number of aryl methyl sites for hydroxylation is 1. The van der Waals surface area contributed by atoms with Gasteiger partial charge in [0.05, 0.1) is 6.54 Å². The zero-order valence-electron chi connectivity index (χ0n) is 14.4. The Morgan fingerprint density at radius 3 is 2.42 bits per heavy atom. The normalized spacial score (nSPS) is 11.7. The molecule has 0 radical (unpaired) electrons. The molecule has 0 unspecified atom stereocenters. The molecular weight excluding hydrogens is 478 g/mol. The molecule has 2 aromatic rings. The molecule has 1 aromatic carbocycles. The largest absolute Gasteiger partial charge is 0.484 e. The van der Waals surface area contributed by atoms with E-state index in [1.165, 1.54) is 15.8 Å². The van der Waals surface area contributed by atoms with E-state index in [4.69, 9.17) is 4.74 Å². The molecule has 0 aliphatic carbocycles. The predicted molar refractivity (Wildman–Crippen MR) is 110 cm³/mol. The van der Waals surface area contributed by atoms with Gasteiger partial charge in [0.1, 0.15) is 5.75 Å². The van der Waals surface area contributed by atoms with Crippen molar-refractivity contribution in [2.75, 3.05) is 13.7 Å². The fraction of sp³-hybridized carbons (Fsp3) is 0.353. The standard InChI is InChI=1S/C17H20F3N3OS.HI/c1-12-7-8-14(25-12)10-23-16(21-2)22-9-13-5-3-4-6-15(13)24-11-17(18,19)20;/h3-8H,9-11H2,1-2H3,(H2,21,22,23);1H. The second-order valence-electron chi connectivity index (χ2n) is 5.30. The number of benzene rings is 1. The highest BCUT2D eigenvalue weighted by atomic mass is 127. The van der Waals surface area contributed by atoms with Crippen LogP contribution in [0.5, 0.6) is 5.75 Å². The van der Waals surface area contributed by atoms with E-state index in [0.29, 0.717) is 24.6 Å². The van der Waals surface area contributed by atoms with Crippen molar-refractivity contribution in [3.05, 3.63) is 51.7 Å². The second kappa shape index (κ2) is 10.6. The SMILES string of the molecule is CN=C(NCc1ccc(C)s1)NCc1ccccc1OCC(F)(F)F.I. The fourth-order valence-electron chi connectivity index (χ4n) is 2.10. The molecule has 9 heteroatoms. The number of hydrogen-bond acceptors (Lipinski definition) is 3. The van der Waals surface area contributed by atoms with Crippen LogP contribution >= 0.6 is 35.3 Å². The molecule has 2 N–H and O–H groups in total. The molecule has 0 aliphatic heterocycles. The Morgan fingerprint density at radius 2 is 1.81 bits per heavy atom. The number of nitrogens with one attached hydrogen (secondary N) is 2. The molecule has 1 aromatic heterocycles. The summed E-state index contributed by atoms with van der Waals surface area (Å²) in [6, 6.07) is 10.7. The van der Waals surface area contributed by atoms with Crippen LogP contribution in [0.3, 0.4) is 0 Å². The molecule has 2 rings (SSSR count). The smallest absolute Gasteiger partial charge is 0.422 e. The Balaban J connectivity index is 0.00000338. The van der Waals surface area contributed by atoms with Crippen molar-refractivity contribution in [2.45, 2.75) is 26.2 Å². The van der Waals surface area contributed by atoms with Crippen molar-refractivity contribution in [1.82, 2.24) is 10.6 Å². The van der Waals surface area contributed by atoms with Crippen LogP contribution in [0, 0.1) is 6.92 Å². The van der Waals surface area contributed by atoms with Crippen LogP contribution in [0.2, 0.25) is 0 Å². The number of hydrogen-bond donors (Lipinski definition) is 2. The third-order valence-electron chi connectivity index (χ3n) is 3.26. The summed E-state index contributed by atoms with van der Waals surface area (Å²) in [5.74, 6) is 0.772. The minimum absolute atomic E-state index is 0. The Hall–Kier alpha value is -1.49. The molecule has 0 bridgehead atoms. The number of halogens is 4. The van der Waals surface area contributed by atoms with Crippen molar-refractivity contribution in [3.63, 3.8) is 0 Å². The van der Waals surface area contributed by atoms with Gasteiger partial charge in [0.15, 0.2) is 12.6 Å². The van der Waals surface area contributed by atoms with Gasteiger partial charge in [-0.1, -0.05) is 18.2 Å². The Labute approximate surface area is 171 Å². The van der Waals surface area contributed by atoms with E-state index in [-0.39, 0.29) is 29.7 Å². The number of aliphatic imine (C=N–C) groups is 1. The second-order valence-corrected chi connectivity index (χ2v) is 6.68. The topological polar surface area (TPSA) is 45.7 Å². The quantitative estimate of drug-likeness (QED) is 0.350. The Kier molecular flexibility index (Phi) is 9.20. The molecule has 0 spiro atoms. The van der Waals surface area contributed by atoms with Gasteiger partial charge < -0.3 is 15.4 Å². The first-order chi connectivity index (χ1) is 11.9. The summed E-state index contributed by atoms with van der Waals surface area (Å²) in [6.07, 6.45) is -4.36. The van der Waals surface area contributed by atoms with Crippen LogP contribution in [0.25, 0.3) is 0 Å². The molecule has 0 amide bonds. The highest BCUT2D eigenvalue weighted by Crippen LogP contribution is 2.22. The van der Waals surface area contributed by atoms with Gasteiger partial charge in [0, 0.05) is 28.9 Å². The highest BCUT2D eigenvalue weighted by molar-refractivity contribution is 14.0. The number of thiophene rings is 1. The molecule has 0 aliphatic rings. The van der Waals surface area contributed by atoms with E-state index in [1.807, 2.05) is 19.1 Å². The maximum atomic E-state index is 12.3. The van der Waals surface area contributed by atoms with Gasteiger partial charge >= 0.3 is 6.18 Å².